The summed E-state index contributed by atoms with van der Waals surface area (Å²) in [5, 5.41) is 3.58. The van der Waals surface area contributed by atoms with E-state index >= 15 is 0 Å². The molecule has 0 aliphatic heterocycles. The molecule has 62 heavy (non-hydrogen) atoms. The van der Waals surface area contributed by atoms with E-state index in [2.05, 4.69) is 164 Å². The van der Waals surface area contributed by atoms with Crippen LogP contribution in [0.3, 0.4) is 0 Å². The van der Waals surface area contributed by atoms with Crippen LogP contribution in [0.5, 0.6) is 0 Å². The molecule has 0 amide bonds. The van der Waals surface area contributed by atoms with Crippen LogP contribution in [-0.4, -0.2) is 18.0 Å². The third-order valence-corrected chi connectivity index (χ3v) is 14.5. The van der Waals surface area contributed by atoms with Crippen LogP contribution in [0.4, 0.5) is 0 Å². The zero-order valence-electron chi connectivity index (χ0n) is 36.6. The Morgan fingerprint density at radius 3 is 2.06 bits per heavy atom. The van der Waals surface area contributed by atoms with Crippen molar-refractivity contribution in [1.82, 2.24) is 9.97 Å². The summed E-state index contributed by atoms with van der Waals surface area (Å²) >= 11 is 0. The molecule has 5 heteroatoms. The van der Waals surface area contributed by atoms with Gasteiger partial charge < -0.3 is 14.4 Å². The second kappa shape index (κ2) is 17.9. The minimum atomic E-state index is -1.31. The fraction of sp³-hybridized carbons (Fsp3) is 0.193. The van der Waals surface area contributed by atoms with Crippen molar-refractivity contribution in [2.45, 2.75) is 70.5 Å². The van der Waals surface area contributed by atoms with Gasteiger partial charge >= 0.3 is 0 Å². The van der Waals surface area contributed by atoms with Gasteiger partial charge in [-0.1, -0.05) is 194 Å². The first-order chi connectivity index (χ1) is 30.2. The summed E-state index contributed by atoms with van der Waals surface area (Å²) in [4.78, 5) is 9.47. The van der Waals surface area contributed by atoms with Gasteiger partial charge in [0, 0.05) is 39.4 Å². The van der Waals surface area contributed by atoms with E-state index in [0.717, 1.165) is 94.1 Å². The van der Waals surface area contributed by atoms with Crippen LogP contribution >= 0.6 is 0 Å². The van der Waals surface area contributed by atoms with Crippen molar-refractivity contribution in [3.63, 3.8) is 0 Å². The minimum Gasteiger partial charge on any atom is -0.476 e. The van der Waals surface area contributed by atoms with Gasteiger partial charge in [0.05, 0.1) is 13.7 Å². The van der Waals surface area contributed by atoms with Gasteiger partial charge in [0.1, 0.15) is 5.58 Å². The Morgan fingerprint density at radius 1 is 0.629 bits per heavy atom. The van der Waals surface area contributed by atoms with Gasteiger partial charge in [0.15, 0.2) is 0 Å². The molecule has 0 atom stereocenters. The summed E-state index contributed by atoms with van der Waals surface area (Å²) in [7, 11) is -1.31. The monoisotopic (exact) mass is 1000 g/mol. The van der Waals surface area contributed by atoms with Gasteiger partial charge in [0.25, 0.3) is 0 Å². The minimum absolute atomic E-state index is 0. The van der Waals surface area contributed by atoms with E-state index < -0.39 is 14.0 Å². The van der Waals surface area contributed by atoms with Crippen molar-refractivity contribution in [2.24, 2.45) is 0 Å². The van der Waals surface area contributed by atoms with E-state index in [1.165, 1.54) is 50.6 Å². The summed E-state index contributed by atoms with van der Waals surface area (Å²) in [6, 6.07) is 57.9. The van der Waals surface area contributed by atoms with Crippen LogP contribution in [0.2, 0.25) is 19.6 Å². The Kier molecular flexibility index (Phi) is 11.7. The summed E-state index contributed by atoms with van der Waals surface area (Å²) in [5.41, 5.74) is 16.7. The standard InChI is InChI=1S/C35H28NO.C22H22NSi.Ir/c1-3-8-24(9-4-1)26-14-16-27(17-15-26)30-12-7-13-32-31-19-18-29(23-34(31)37-35(30)32)33-22-28(20-21-36-33)25-10-5-2-6-11-25;1-24(2,3)20-14-19-10-9-18-13-17(16-7-5-4-6-8-16)11-12-21(18)22(19)23-15-20;/h1,3-4,7-9,12-17,19-23,25H,2,5-6,10-11H2;4-8,11,13-15H,9-10H2,1-3H3;/q2*-1;/i25D;;. The maximum absolute atomic E-state index is 9.04. The molecule has 11 rings (SSSR count). The molecule has 2 aliphatic carbocycles. The van der Waals surface area contributed by atoms with E-state index in [9.17, 15) is 0 Å². The van der Waals surface area contributed by atoms with Gasteiger partial charge in [-0.25, -0.2) is 0 Å². The summed E-state index contributed by atoms with van der Waals surface area (Å²) in [6.07, 6.45) is 11.4. The molecule has 0 bridgehead atoms. The molecule has 1 fully saturated rings. The van der Waals surface area contributed by atoms with Crippen molar-refractivity contribution in [1.29, 1.82) is 0 Å². The van der Waals surface area contributed by atoms with Crippen molar-refractivity contribution < 1.29 is 25.9 Å². The number of furan rings is 1. The van der Waals surface area contributed by atoms with Gasteiger partial charge in [-0.05, 0) is 69.9 Å². The van der Waals surface area contributed by atoms with Gasteiger partial charge in [-0.15, -0.1) is 47.0 Å². The molecule has 309 valence electrons. The number of pyridine rings is 2. The average Bonchev–Trinajstić information content (AvgIpc) is 3.70. The van der Waals surface area contributed by atoms with Crippen molar-refractivity contribution >= 4 is 35.2 Å². The van der Waals surface area contributed by atoms with Crippen LogP contribution in [0.1, 0.15) is 56.1 Å². The first-order valence-corrected chi connectivity index (χ1v) is 25.3. The first-order valence-electron chi connectivity index (χ1n) is 22.3. The van der Waals surface area contributed by atoms with Crippen LogP contribution in [0.15, 0.2) is 162 Å². The molecule has 6 aromatic carbocycles. The molecule has 3 heterocycles. The Morgan fingerprint density at radius 2 is 1.32 bits per heavy atom. The maximum Gasteiger partial charge on any atom is 0.131 e. The quantitative estimate of drug-likeness (QED) is 0.123. The number of aryl methyl sites for hydroxylation is 2. The van der Waals surface area contributed by atoms with Gasteiger partial charge in [-0.2, -0.15) is 0 Å². The number of benzene rings is 6. The SMILES string of the molecule is C[Si](C)(C)c1cnc2c(c1)CCc1cc(-c3ccccc3)c[c-]c1-2.[2H]C1(c2ccnc(-c3[c-]cc4c(c3)oc3c(-c5ccc(-c6ccccc6)cc5)cccc34)c2)CCCCC1.[Ir]. The van der Waals surface area contributed by atoms with Crippen LogP contribution in [-0.2, 0) is 32.9 Å². The number of fused-ring (bicyclic) bond motifs is 6. The third kappa shape index (κ3) is 8.55. The molecule has 1 saturated carbocycles. The van der Waals surface area contributed by atoms with Crippen molar-refractivity contribution in [2.75, 3.05) is 0 Å². The summed E-state index contributed by atoms with van der Waals surface area (Å²) in [6.45, 7) is 7.14. The normalized spacial score (nSPS) is 14.5. The second-order valence-corrected chi connectivity index (χ2v) is 22.7. The Labute approximate surface area is 382 Å². The fourth-order valence-electron chi connectivity index (χ4n) is 9.01. The van der Waals surface area contributed by atoms with Gasteiger partial charge in [0.2, 0.25) is 0 Å². The predicted molar refractivity (Wildman–Crippen MR) is 257 cm³/mol. The summed E-state index contributed by atoms with van der Waals surface area (Å²) < 4.78 is 15.5. The topological polar surface area (TPSA) is 38.9 Å². The molecule has 1 radical (unpaired) electrons. The van der Waals surface area contributed by atoms with Crippen LogP contribution in [0, 0.1) is 12.1 Å². The fourth-order valence-corrected chi connectivity index (χ4v) is 10.1. The summed E-state index contributed by atoms with van der Waals surface area (Å²) in [5.74, 6) is -0.510. The number of hydrogen-bond acceptors (Lipinski definition) is 3. The predicted octanol–water partition coefficient (Wildman–Crippen LogP) is 14.7. The molecule has 2 aliphatic rings. The van der Waals surface area contributed by atoms with E-state index in [-0.39, 0.29) is 20.1 Å². The Bertz CT molecular complexity index is 3040. The van der Waals surface area contributed by atoms with E-state index in [1.807, 2.05) is 30.5 Å². The molecule has 0 saturated heterocycles. The average molecular weight is 1000 g/mol. The van der Waals surface area contributed by atoms with Crippen LogP contribution in [0.25, 0.3) is 77.8 Å². The first kappa shape index (κ1) is 40.4. The van der Waals surface area contributed by atoms with Crippen LogP contribution < -0.4 is 5.19 Å². The zero-order chi connectivity index (χ0) is 42.3. The number of nitrogens with zero attached hydrogens (tertiary/aromatic N) is 2. The number of hydrogen-bond donors (Lipinski definition) is 0. The Balaban J connectivity index is 0.000000174. The smallest absolute Gasteiger partial charge is 0.131 e. The maximum atomic E-state index is 9.04. The Hall–Kier alpha value is -5.71. The second-order valence-electron chi connectivity index (χ2n) is 17.6. The largest absolute Gasteiger partial charge is 0.476 e. The molecule has 9 aromatic rings. The van der Waals surface area contributed by atoms with E-state index in [4.69, 9.17) is 10.8 Å². The molecule has 3 aromatic heterocycles. The number of para-hydroxylation sites is 1. The molecule has 0 N–H and O–H groups in total. The number of aromatic nitrogens is 2. The molecule has 0 spiro atoms. The zero-order valence-corrected chi connectivity index (χ0v) is 39.0. The molecular formula is C57H50IrN2OSi-2. The van der Waals surface area contributed by atoms with Gasteiger partial charge in [-0.3, -0.25) is 0 Å². The molecular weight excluding hydrogens is 949 g/mol. The van der Waals surface area contributed by atoms with E-state index in [0.29, 0.717) is 0 Å². The number of rotatable bonds is 6. The molecule has 3 nitrogen and oxygen atoms in total. The van der Waals surface area contributed by atoms with Crippen molar-refractivity contribution in [3.8, 4) is 55.9 Å². The molecule has 0 unspecified atom stereocenters. The van der Waals surface area contributed by atoms with E-state index in [1.54, 1.807) is 0 Å². The third-order valence-electron chi connectivity index (χ3n) is 12.5. The van der Waals surface area contributed by atoms with Crippen molar-refractivity contribution in [3.05, 3.63) is 187 Å².